The zero-order chi connectivity index (χ0) is 7.28. The molecule has 0 heterocycles. The van der Waals surface area contributed by atoms with Gasteiger partial charge in [-0.3, -0.25) is 0 Å². The molecule has 52 valence electrons. The van der Waals surface area contributed by atoms with Gasteiger partial charge < -0.3 is 16.6 Å². The summed E-state index contributed by atoms with van der Waals surface area (Å²) in [6.07, 6.45) is 2.68. The number of hydrogen-bond acceptors (Lipinski definition) is 3. The van der Waals surface area contributed by atoms with Crippen molar-refractivity contribution in [1.29, 1.82) is 0 Å². The summed E-state index contributed by atoms with van der Waals surface area (Å²) >= 11 is 0. The van der Waals surface area contributed by atoms with E-state index in [1.54, 1.807) is 6.08 Å². The molecule has 0 fully saturated rings. The van der Waals surface area contributed by atoms with Crippen molar-refractivity contribution < 1.29 is 5.11 Å². The highest BCUT2D eigenvalue weighted by Gasteiger charge is 1.89. The highest BCUT2D eigenvalue weighted by Crippen LogP contribution is 1.90. The first-order valence-corrected chi connectivity index (χ1v) is 2.68. The van der Waals surface area contributed by atoms with E-state index in [4.69, 9.17) is 16.6 Å². The molecular weight excluding hydrogens is 116 g/mol. The maximum atomic E-state index is 8.54. The van der Waals surface area contributed by atoms with Gasteiger partial charge in [-0.15, -0.1) is 0 Å². The van der Waals surface area contributed by atoms with Crippen molar-refractivity contribution in [2.45, 2.75) is 12.6 Å². The van der Waals surface area contributed by atoms with E-state index in [-0.39, 0.29) is 0 Å². The Morgan fingerprint density at radius 2 is 2.33 bits per heavy atom. The first kappa shape index (κ1) is 8.20. The van der Waals surface area contributed by atoms with Crippen LogP contribution in [0.3, 0.4) is 0 Å². The van der Waals surface area contributed by atoms with Crippen molar-refractivity contribution in [3.63, 3.8) is 0 Å². The Hall–Kier alpha value is -0.800. The summed E-state index contributed by atoms with van der Waals surface area (Å²) in [5.41, 5.74) is 10.9. The Kier molecular flexibility index (Phi) is 3.75. The summed E-state index contributed by atoms with van der Waals surface area (Å²) in [5, 5.41) is 8.54. The van der Waals surface area contributed by atoms with Crippen LogP contribution in [0.15, 0.2) is 24.4 Å². The fourth-order valence-corrected chi connectivity index (χ4v) is 0.340. The molecule has 0 saturated heterocycles. The van der Waals surface area contributed by atoms with Crippen LogP contribution in [0.25, 0.3) is 0 Å². The van der Waals surface area contributed by atoms with Crippen molar-refractivity contribution in [3.8, 4) is 0 Å². The van der Waals surface area contributed by atoms with E-state index in [0.29, 0.717) is 12.1 Å². The topological polar surface area (TPSA) is 72.3 Å². The van der Waals surface area contributed by atoms with Gasteiger partial charge in [-0.05, 0) is 6.08 Å². The number of hydrogen-bond donors (Lipinski definition) is 3. The summed E-state index contributed by atoms with van der Waals surface area (Å²) in [5.74, 6) is 0. The van der Waals surface area contributed by atoms with E-state index < -0.39 is 6.23 Å². The second kappa shape index (κ2) is 4.12. The second-order valence-electron chi connectivity index (χ2n) is 1.71. The molecular formula is C6H12N2O. The van der Waals surface area contributed by atoms with Gasteiger partial charge in [0.1, 0.15) is 6.23 Å². The van der Waals surface area contributed by atoms with Gasteiger partial charge in [0.2, 0.25) is 0 Å². The van der Waals surface area contributed by atoms with Crippen LogP contribution in [0, 0.1) is 0 Å². The fraction of sp³-hybridized carbons (Fsp3) is 0.333. The van der Waals surface area contributed by atoms with Gasteiger partial charge in [0, 0.05) is 12.1 Å². The van der Waals surface area contributed by atoms with Crippen LogP contribution in [0.4, 0.5) is 0 Å². The predicted octanol–water partition coefficient (Wildman–Crippen LogP) is -0.318. The molecule has 0 aliphatic rings. The van der Waals surface area contributed by atoms with E-state index in [9.17, 15) is 0 Å². The molecule has 3 heteroatoms. The summed E-state index contributed by atoms with van der Waals surface area (Å²) in [6, 6.07) is 0. The molecule has 5 N–H and O–H groups in total. The molecule has 0 amide bonds. The Balaban J connectivity index is 3.56. The molecule has 0 saturated carbocycles. The van der Waals surface area contributed by atoms with Crippen molar-refractivity contribution in [3.05, 3.63) is 24.4 Å². The summed E-state index contributed by atoms with van der Waals surface area (Å²) in [6.45, 7) is 3.42. The van der Waals surface area contributed by atoms with Crippen molar-refractivity contribution >= 4 is 0 Å². The molecule has 0 aliphatic heterocycles. The molecule has 0 aromatic carbocycles. The Morgan fingerprint density at radius 1 is 1.78 bits per heavy atom. The molecule has 3 nitrogen and oxygen atoms in total. The molecule has 0 aromatic heterocycles. The van der Waals surface area contributed by atoms with Gasteiger partial charge in [0.15, 0.2) is 0 Å². The largest absolute Gasteiger partial charge is 0.399 e. The van der Waals surface area contributed by atoms with Crippen LogP contribution in [0.1, 0.15) is 6.42 Å². The molecule has 0 bridgehead atoms. The maximum Gasteiger partial charge on any atom is 0.105 e. The van der Waals surface area contributed by atoms with Crippen LogP contribution >= 0.6 is 0 Å². The Morgan fingerprint density at radius 3 is 2.67 bits per heavy atom. The first-order chi connectivity index (χ1) is 4.16. The van der Waals surface area contributed by atoms with Crippen LogP contribution in [0.2, 0.25) is 0 Å². The van der Waals surface area contributed by atoms with Crippen LogP contribution in [0.5, 0.6) is 0 Å². The molecule has 1 unspecified atom stereocenters. The van der Waals surface area contributed by atoms with Gasteiger partial charge in [-0.1, -0.05) is 12.7 Å². The third kappa shape index (κ3) is 5.06. The zero-order valence-corrected chi connectivity index (χ0v) is 5.25. The highest BCUT2D eigenvalue weighted by molar-refractivity contribution is 5.11. The monoisotopic (exact) mass is 128 g/mol. The lowest BCUT2D eigenvalue weighted by molar-refractivity contribution is 0.186. The van der Waals surface area contributed by atoms with E-state index >= 15 is 0 Å². The third-order valence-corrected chi connectivity index (χ3v) is 0.831. The highest BCUT2D eigenvalue weighted by atomic mass is 16.3. The van der Waals surface area contributed by atoms with Gasteiger partial charge in [0.05, 0.1) is 0 Å². The normalized spacial score (nSPS) is 15.1. The SMILES string of the molecule is C=C/C(N)=C\CC(N)O. The van der Waals surface area contributed by atoms with Crippen molar-refractivity contribution in [2.75, 3.05) is 0 Å². The molecule has 0 radical (unpaired) electrons. The average Bonchev–Trinajstić information content (AvgIpc) is 1.83. The Labute approximate surface area is 54.7 Å². The summed E-state index contributed by atoms with van der Waals surface area (Å²) in [7, 11) is 0. The lowest BCUT2D eigenvalue weighted by Crippen LogP contribution is -2.17. The smallest absolute Gasteiger partial charge is 0.105 e. The first-order valence-electron chi connectivity index (χ1n) is 2.68. The lowest BCUT2D eigenvalue weighted by atomic mass is 10.3. The molecule has 0 spiro atoms. The average molecular weight is 128 g/mol. The van der Waals surface area contributed by atoms with Crippen molar-refractivity contribution in [2.24, 2.45) is 11.5 Å². The maximum absolute atomic E-state index is 8.54. The van der Waals surface area contributed by atoms with Crippen LogP contribution in [-0.2, 0) is 0 Å². The minimum atomic E-state index is -0.816. The molecule has 9 heavy (non-hydrogen) atoms. The molecule has 0 rings (SSSR count). The lowest BCUT2D eigenvalue weighted by Gasteiger charge is -1.97. The van der Waals surface area contributed by atoms with Gasteiger partial charge in [0.25, 0.3) is 0 Å². The minimum absolute atomic E-state index is 0.373. The van der Waals surface area contributed by atoms with Crippen LogP contribution < -0.4 is 11.5 Å². The van der Waals surface area contributed by atoms with Crippen molar-refractivity contribution in [1.82, 2.24) is 0 Å². The number of rotatable bonds is 3. The van der Waals surface area contributed by atoms with E-state index in [0.717, 1.165) is 0 Å². The van der Waals surface area contributed by atoms with E-state index in [1.165, 1.54) is 6.08 Å². The zero-order valence-electron chi connectivity index (χ0n) is 5.25. The van der Waals surface area contributed by atoms with E-state index in [1.807, 2.05) is 0 Å². The van der Waals surface area contributed by atoms with Crippen LogP contribution in [-0.4, -0.2) is 11.3 Å². The summed E-state index contributed by atoms with van der Waals surface area (Å²) < 4.78 is 0. The Bertz CT molecular complexity index is 118. The number of aliphatic hydroxyl groups excluding tert-OH is 1. The van der Waals surface area contributed by atoms with Gasteiger partial charge >= 0.3 is 0 Å². The molecule has 0 aliphatic carbocycles. The molecule has 0 aromatic rings. The number of aliphatic hydroxyl groups is 1. The summed E-state index contributed by atoms with van der Waals surface area (Å²) in [4.78, 5) is 0. The van der Waals surface area contributed by atoms with E-state index in [2.05, 4.69) is 6.58 Å². The minimum Gasteiger partial charge on any atom is -0.399 e. The van der Waals surface area contributed by atoms with Gasteiger partial charge in [-0.2, -0.15) is 0 Å². The fourth-order valence-electron chi connectivity index (χ4n) is 0.340. The predicted molar refractivity (Wildman–Crippen MR) is 37.3 cm³/mol. The molecule has 1 atom stereocenters. The second-order valence-corrected chi connectivity index (χ2v) is 1.71. The van der Waals surface area contributed by atoms with Gasteiger partial charge in [-0.25, -0.2) is 0 Å². The standard InChI is InChI=1S/C6H12N2O/c1-2-5(7)3-4-6(8)9/h2-3,6,9H,1,4,7-8H2/b5-3+. The number of allylic oxidation sites excluding steroid dienone is 1. The quantitative estimate of drug-likeness (QED) is 0.360. The third-order valence-electron chi connectivity index (χ3n) is 0.831. The number of nitrogens with two attached hydrogens (primary N) is 2.